The van der Waals surface area contributed by atoms with Crippen LogP contribution in [0.25, 0.3) is 10.2 Å². The normalized spacial score (nSPS) is 18.5. The number of hydrogen-bond acceptors (Lipinski definition) is 5. The first-order valence-corrected chi connectivity index (χ1v) is 11.0. The van der Waals surface area contributed by atoms with Crippen LogP contribution in [0.4, 0.5) is 5.82 Å². The van der Waals surface area contributed by atoms with Crippen molar-refractivity contribution in [1.29, 1.82) is 0 Å². The highest BCUT2D eigenvalue weighted by Crippen LogP contribution is 2.38. The number of aryl methyl sites for hydroxylation is 2. The van der Waals surface area contributed by atoms with Gasteiger partial charge in [-0.1, -0.05) is 30.3 Å². The zero-order valence-corrected chi connectivity index (χ0v) is 16.5. The Bertz CT molecular complexity index is 913. The number of nitrogens with one attached hydrogen (secondary N) is 1. The molecular formula is C22H26N4S. The first-order chi connectivity index (χ1) is 13.4. The quantitative estimate of drug-likeness (QED) is 0.718. The molecule has 1 aliphatic heterocycles. The van der Waals surface area contributed by atoms with Crippen LogP contribution in [0.1, 0.15) is 41.7 Å². The monoisotopic (exact) mass is 378 g/mol. The fourth-order valence-electron chi connectivity index (χ4n) is 4.47. The van der Waals surface area contributed by atoms with Crippen LogP contribution in [0.15, 0.2) is 36.7 Å². The van der Waals surface area contributed by atoms with Crippen molar-refractivity contribution in [3.8, 4) is 0 Å². The molecule has 3 aromatic rings. The molecule has 0 amide bonds. The number of nitrogens with zero attached hydrogens (tertiary/aromatic N) is 3. The van der Waals surface area contributed by atoms with Crippen LogP contribution in [-0.4, -0.2) is 34.0 Å². The summed E-state index contributed by atoms with van der Waals surface area (Å²) in [5.74, 6) is 1.07. The highest BCUT2D eigenvalue weighted by atomic mass is 32.1. The Morgan fingerprint density at radius 2 is 1.85 bits per heavy atom. The third-order valence-corrected chi connectivity index (χ3v) is 7.13. The van der Waals surface area contributed by atoms with Gasteiger partial charge in [-0.3, -0.25) is 4.90 Å². The second kappa shape index (κ2) is 7.56. The lowest BCUT2D eigenvalue weighted by atomic mass is 9.96. The second-order valence-corrected chi connectivity index (χ2v) is 8.88. The molecule has 1 aromatic carbocycles. The van der Waals surface area contributed by atoms with E-state index in [4.69, 9.17) is 0 Å². The maximum Gasteiger partial charge on any atom is 0.138 e. The largest absolute Gasteiger partial charge is 0.367 e. The lowest BCUT2D eigenvalue weighted by Gasteiger charge is -2.32. The number of aromatic nitrogens is 2. The van der Waals surface area contributed by atoms with E-state index in [1.807, 2.05) is 11.3 Å². The molecule has 1 fully saturated rings. The summed E-state index contributed by atoms with van der Waals surface area (Å²) in [7, 11) is 0. The third-order valence-electron chi connectivity index (χ3n) is 5.93. The average molecular weight is 379 g/mol. The number of piperidine rings is 1. The summed E-state index contributed by atoms with van der Waals surface area (Å²) >= 11 is 1.88. The van der Waals surface area contributed by atoms with Crippen molar-refractivity contribution in [2.45, 2.75) is 51.1 Å². The number of anilines is 1. The Morgan fingerprint density at radius 1 is 1.04 bits per heavy atom. The fraction of sp³-hybridized carbons (Fsp3) is 0.455. The van der Waals surface area contributed by atoms with E-state index in [9.17, 15) is 0 Å². The van der Waals surface area contributed by atoms with E-state index in [0.29, 0.717) is 6.04 Å². The van der Waals surface area contributed by atoms with E-state index < -0.39 is 0 Å². The Kier molecular flexibility index (Phi) is 4.80. The van der Waals surface area contributed by atoms with Crippen LogP contribution >= 0.6 is 11.3 Å². The Morgan fingerprint density at radius 3 is 2.70 bits per heavy atom. The van der Waals surface area contributed by atoms with E-state index in [1.54, 1.807) is 6.33 Å². The van der Waals surface area contributed by atoms with E-state index in [0.717, 1.165) is 25.5 Å². The second-order valence-electron chi connectivity index (χ2n) is 7.79. The molecule has 0 radical (unpaired) electrons. The predicted octanol–water partition coefficient (Wildman–Crippen LogP) is 4.65. The molecule has 1 aliphatic carbocycles. The molecule has 0 spiro atoms. The minimum Gasteiger partial charge on any atom is -0.367 e. The van der Waals surface area contributed by atoms with Crippen LogP contribution in [0, 0.1) is 0 Å². The van der Waals surface area contributed by atoms with E-state index >= 15 is 0 Å². The van der Waals surface area contributed by atoms with Gasteiger partial charge in [-0.2, -0.15) is 0 Å². The van der Waals surface area contributed by atoms with Crippen LogP contribution in [0.5, 0.6) is 0 Å². The molecular weight excluding hydrogens is 352 g/mol. The molecule has 0 unspecified atom stereocenters. The summed E-state index contributed by atoms with van der Waals surface area (Å²) in [5.41, 5.74) is 2.93. The van der Waals surface area contributed by atoms with Crippen molar-refractivity contribution in [3.63, 3.8) is 0 Å². The van der Waals surface area contributed by atoms with E-state index in [-0.39, 0.29) is 0 Å². The SMILES string of the molecule is c1ccc(CN2CCC(Nc3ncnc4sc5c(c34)CCCC5)CC2)cc1. The number of hydrogen-bond donors (Lipinski definition) is 1. The first kappa shape index (κ1) is 17.1. The van der Waals surface area contributed by atoms with Gasteiger partial charge in [-0.05, 0) is 49.7 Å². The summed E-state index contributed by atoms with van der Waals surface area (Å²) in [6, 6.07) is 11.3. The van der Waals surface area contributed by atoms with E-state index in [2.05, 4.69) is 50.5 Å². The van der Waals surface area contributed by atoms with Gasteiger partial charge < -0.3 is 5.32 Å². The van der Waals surface area contributed by atoms with Crippen molar-refractivity contribution >= 4 is 27.4 Å². The molecule has 4 nitrogen and oxygen atoms in total. The number of thiophene rings is 1. The highest BCUT2D eigenvalue weighted by Gasteiger charge is 2.23. The molecule has 3 heterocycles. The number of likely N-dealkylation sites (tertiary alicyclic amines) is 1. The minimum atomic E-state index is 0.509. The van der Waals surface area contributed by atoms with Crippen molar-refractivity contribution in [2.24, 2.45) is 0 Å². The van der Waals surface area contributed by atoms with Crippen LogP contribution in [0.2, 0.25) is 0 Å². The molecule has 0 saturated carbocycles. The van der Waals surface area contributed by atoms with Gasteiger partial charge in [0.05, 0.1) is 5.39 Å². The van der Waals surface area contributed by atoms with Gasteiger partial charge in [0.1, 0.15) is 17.0 Å². The molecule has 5 heteroatoms. The molecule has 2 aromatic heterocycles. The van der Waals surface area contributed by atoms with Gasteiger partial charge in [0.2, 0.25) is 0 Å². The molecule has 0 bridgehead atoms. The summed E-state index contributed by atoms with van der Waals surface area (Å²) < 4.78 is 0. The maximum absolute atomic E-state index is 4.64. The van der Waals surface area contributed by atoms with Gasteiger partial charge >= 0.3 is 0 Å². The van der Waals surface area contributed by atoms with E-state index in [1.165, 1.54) is 64.7 Å². The van der Waals surface area contributed by atoms with Crippen molar-refractivity contribution < 1.29 is 0 Å². The number of benzene rings is 1. The maximum atomic E-state index is 4.64. The summed E-state index contributed by atoms with van der Waals surface area (Å²) in [6.07, 6.45) is 9.09. The predicted molar refractivity (Wildman–Crippen MR) is 112 cm³/mol. The molecule has 140 valence electrons. The fourth-order valence-corrected chi connectivity index (χ4v) is 5.70. The van der Waals surface area contributed by atoms with Gasteiger partial charge in [-0.25, -0.2) is 9.97 Å². The first-order valence-electron chi connectivity index (χ1n) is 10.1. The summed E-state index contributed by atoms with van der Waals surface area (Å²) in [4.78, 5) is 14.5. The molecule has 0 atom stereocenters. The lowest BCUT2D eigenvalue weighted by Crippen LogP contribution is -2.38. The highest BCUT2D eigenvalue weighted by molar-refractivity contribution is 7.19. The van der Waals surface area contributed by atoms with Crippen LogP contribution < -0.4 is 5.32 Å². The zero-order chi connectivity index (χ0) is 18.1. The smallest absolute Gasteiger partial charge is 0.138 e. The Hall–Kier alpha value is -1.98. The Balaban J connectivity index is 1.27. The summed E-state index contributed by atoms with van der Waals surface area (Å²) in [6.45, 7) is 3.34. The van der Waals surface area contributed by atoms with Crippen molar-refractivity contribution in [3.05, 3.63) is 52.7 Å². The Labute approximate surface area is 164 Å². The third kappa shape index (κ3) is 3.58. The molecule has 2 aliphatic rings. The van der Waals surface area contributed by atoms with Gasteiger partial charge in [0.15, 0.2) is 0 Å². The van der Waals surface area contributed by atoms with Crippen molar-refractivity contribution in [2.75, 3.05) is 18.4 Å². The number of rotatable bonds is 4. The van der Waals surface area contributed by atoms with Crippen LogP contribution in [-0.2, 0) is 19.4 Å². The topological polar surface area (TPSA) is 41.0 Å². The van der Waals surface area contributed by atoms with Gasteiger partial charge in [-0.15, -0.1) is 11.3 Å². The van der Waals surface area contributed by atoms with Gasteiger partial charge in [0, 0.05) is 30.6 Å². The van der Waals surface area contributed by atoms with Crippen molar-refractivity contribution in [1.82, 2.24) is 14.9 Å². The standard InChI is InChI=1S/C22H26N4S/c1-2-6-16(7-3-1)14-26-12-10-17(11-13-26)25-21-20-18-8-4-5-9-19(18)27-22(20)24-15-23-21/h1-3,6-7,15,17H,4-5,8-14H2,(H,23,24,25). The molecule has 5 rings (SSSR count). The minimum absolute atomic E-state index is 0.509. The average Bonchev–Trinajstić information content (AvgIpc) is 3.10. The summed E-state index contributed by atoms with van der Waals surface area (Å²) in [5, 5.41) is 5.08. The zero-order valence-electron chi connectivity index (χ0n) is 15.7. The van der Waals surface area contributed by atoms with Gasteiger partial charge in [0.25, 0.3) is 0 Å². The molecule has 27 heavy (non-hydrogen) atoms. The molecule has 1 N–H and O–H groups in total. The number of fused-ring (bicyclic) bond motifs is 3. The van der Waals surface area contributed by atoms with Crippen LogP contribution in [0.3, 0.4) is 0 Å². The molecule has 1 saturated heterocycles. The lowest BCUT2D eigenvalue weighted by molar-refractivity contribution is 0.211.